The van der Waals surface area contributed by atoms with E-state index < -0.39 is 0 Å². The zero-order valence-electron chi connectivity index (χ0n) is 15.4. The average Bonchev–Trinajstić information content (AvgIpc) is 2.91. The van der Waals surface area contributed by atoms with E-state index in [2.05, 4.69) is 36.0 Å². The number of para-hydroxylation sites is 3. The van der Waals surface area contributed by atoms with E-state index in [1.54, 1.807) is 19.2 Å². The maximum atomic E-state index is 12.1. The number of amides is 1. The van der Waals surface area contributed by atoms with Gasteiger partial charge < -0.3 is 19.4 Å². The molecular weight excluding hydrogens is 328 g/mol. The van der Waals surface area contributed by atoms with Gasteiger partial charge in [0.05, 0.1) is 7.11 Å². The predicted octanol–water partition coefficient (Wildman–Crippen LogP) is 3.23. The second kappa shape index (κ2) is 7.95. The Kier molecular flexibility index (Phi) is 5.46. The largest absolute Gasteiger partial charge is 0.493 e. The topological polar surface area (TPSA) is 52.5 Å². The van der Waals surface area contributed by atoms with Gasteiger partial charge in [-0.2, -0.15) is 0 Å². The van der Waals surface area contributed by atoms with Crippen molar-refractivity contribution in [3.8, 4) is 11.5 Å². The normalized spacial score (nSPS) is 10.7. The average molecular weight is 352 g/mol. The number of hydrogen-bond acceptors (Lipinski definition) is 3. The van der Waals surface area contributed by atoms with Gasteiger partial charge in [-0.1, -0.05) is 30.3 Å². The molecule has 0 atom stereocenters. The van der Waals surface area contributed by atoms with Gasteiger partial charge in [0.1, 0.15) is 0 Å². The molecule has 1 heterocycles. The first-order valence-electron chi connectivity index (χ1n) is 8.67. The second-order valence-corrected chi connectivity index (χ2v) is 6.18. The molecule has 0 aliphatic rings. The van der Waals surface area contributed by atoms with Gasteiger partial charge in [-0.25, -0.2) is 0 Å². The van der Waals surface area contributed by atoms with Crippen LogP contribution in [0.5, 0.6) is 11.5 Å². The number of ether oxygens (including phenoxy) is 2. The van der Waals surface area contributed by atoms with Crippen molar-refractivity contribution < 1.29 is 14.3 Å². The minimum atomic E-state index is -0.145. The summed E-state index contributed by atoms with van der Waals surface area (Å²) in [6.45, 7) is 2.65. The summed E-state index contributed by atoms with van der Waals surface area (Å²) in [7, 11) is 3.65. The van der Waals surface area contributed by atoms with Crippen molar-refractivity contribution in [1.82, 2.24) is 9.88 Å². The van der Waals surface area contributed by atoms with Crippen LogP contribution in [0.1, 0.15) is 11.3 Å². The van der Waals surface area contributed by atoms with Crippen molar-refractivity contribution in [3.05, 3.63) is 59.8 Å². The molecule has 0 saturated carbocycles. The van der Waals surface area contributed by atoms with Crippen LogP contribution < -0.4 is 14.8 Å². The monoisotopic (exact) mass is 352 g/mol. The van der Waals surface area contributed by atoms with Crippen molar-refractivity contribution >= 4 is 16.8 Å². The van der Waals surface area contributed by atoms with E-state index in [0.717, 1.165) is 6.42 Å². The molecule has 3 rings (SSSR count). The van der Waals surface area contributed by atoms with Crippen LogP contribution in [-0.4, -0.2) is 30.7 Å². The minimum Gasteiger partial charge on any atom is -0.493 e. The van der Waals surface area contributed by atoms with Crippen LogP contribution in [0.25, 0.3) is 10.9 Å². The molecule has 0 spiro atoms. The first kappa shape index (κ1) is 17.9. The summed E-state index contributed by atoms with van der Waals surface area (Å²) >= 11 is 0. The number of benzene rings is 2. The van der Waals surface area contributed by atoms with Gasteiger partial charge in [0.25, 0.3) is 5.91 Å². The highest BCUT2D eigenvalue weighted by Gasteiger charge is 2.12. The number of carbonyl (C=O) groups excluding carboxylic acids is 1. The molecule has 2 aromatic carbocycles. The number of rotatable bonds is 7. The zero-order valence-corrected chi connectivity index (χ0v) is 15.4. The fourth-order valence-corrected chi connectivity index (χ4v) is 3.17. The standard InChI is InChI=1S/C21H24N2O3/c1-15-16(17-8-4-5-9-18(17)23(15)2)12-13-22-21(24)14-26-20-11-7-6-10-19(20)25-3/h4-11H,12-14H2,1-3H3,(H,22,24). The molecule has 5 nitrogen and oxygen atoms in total. The third kappa shape index (κ3) is 3.67. The fourth-order valence-electron chi connectivity index (χ4n) is 3.17. The Balaban J connectivity index is 1.55. The second-order valence-electron chi connectivity index (χ2n) is 6.18. The quantitative estimate of drug-likeness (QED) is 0.710. The van der Waals surface area contributed by atoms with Crippen LogP contribution in [0.2, 0.25) is 0 Å². The maximum absolute atomic E-state index is 12.1. The third-order valence-electron chi connectivity index (χ3n) is 4.66. The molecule has 5 heteroatoms. The van der Waals surface area contributed by atoms with E-state index in [1.165, 1.54) is 22.2 Å². The Morgan fingerprint density at radius 2 is 1.77 bits per heavy atom. The molecule has 0 saturated heterocycles. The summed E-state index contributed by atoms with van der Waals surface area (Å²) < 4.78 is 13.0. The SMILES string of the molecule is COc1ccccc1OCC(=O)NCCc1c(C)n(C)c2ccccc12. The number of nitrogens with zero attached hydrogens (tertiary/aromatic N) is 1. The number of nitrogens with one attached hydrogen (secondary N) is 1. The predicted molar refractivity (Wildman–Crippen MR) is 103 cm³/mol. The Bertz CT molecular complexity index is 915. The first-order chi connectivity index (χ1) is 12.6. The van der Waals surface area contributed by atoms with E-state index in [1.807, 2.05) is 24.3 Å². The van der Waals surface area contributed by atoms with Crippen LogP contribution in [0, 0.1) is 6.92 Å². The lowest BCUT2D eigenvalue weighted by Gasteiger charge is -2.10. The summed E-state index contributed by atoms with van der Waals surface area (Å²) in [5, 5.41) is 4.17. The zero-order chi connectivity index (χ0) is 18.5. The van der Waals surface area contributed by atoms with Crippen LogP contribution in [0.3, 0.4) is 0 Å². The van der Waals surface area contributed by atoms with Gasteiger partial charge >= 0.3 is 0 Å². The third-order valence-corrected chi connectivity index (χ3v) is 4.66. The van der Waals surface area contributed by atoms with Crippen LogP contribution in [0.4, 0.5) is 0 Å². The molecule has 0 fully saturated rings. The molecule has 0 aliphatic carbocycles. The molecule has 136 valence electrons. The molecule has 26 heavy (non-hydrogen) atoms. The highest BCUT2D eigenvalue weighted by molar-refractivity contribution is 5.85. The fraction of sp³-hybridized carbons (Fsp3) is 0.286. The molecule has 0 bridgehead atoms. The summed E-state index contributed by atoms with van der Waals surface area (Å²) in [6.07, 6.45) is 0.785. The molecule has 1 N–H and O–H groups in total. The molecule has 0 aliphatic heterocycles. The molecule has 1 amide bonds. The number of aryl methyl sites for hydroxylation is 1. The van der Waals surface area contributed by atoms with Gasteiger partial charge in [0.2, 0.25) is 0 Å². The van der Waals surface area contributed by atoms with E-state index in [-0.39, 0.29) is 12.5 Å². The Labute approximate surface area is 153 Å². The smallest absolute Gasteiger partial charge is 0.257 e. The lowest BCUT2D eigenvalue weighted by molar-refractivity contribution is -0.123. The van der Waals surface area contributed by atoms with E-state index in [9.17, 15) is 4.79 Å². The van der Waals surface area contributed by atoms with Crippen molar-refractivity contribution in [2.75, 3.05) is 20.3 Å². The van der Waals surface area contributed by atoms with Gasteiger partial charge in [0.15, 0.2) is 18.1 Å². The van der Waals surface area contributed by atoms with Crippen LogP contribution in [-0.2, 0) is 18.3 Å². The molecule has 0 radical (unpaired) electrons. The Morgan fingerprint density at radius 3 is 2.54 bits per heavy atom. The number of fused-ring (bicyclic) bond motifs is 1. The summed E-state index contributed by atoms with van der Waals surface area (Å²) in [6, 6.07) is 15.6. The maximum Gasteiger partial charge on any atom is 0.257 e. The van der Waals surface area contributed by atoms with Crippen LogP contribution >= 0.6 is 0 Å². The van der Waals surface area contributed by atoms with Gasteiger partial charge in [-0.3, -0.25) is 4.79 Å². The molecule has 0 unspecified atom stereocenters. The summed E-state index contributed by atoms with van der Waals surface area (Å²) in [5.74, 6) is 1.04. The lowest BCUT2D eigenvalue weighted by Crippen LogP contribution is -2.30. The molecular formula is C21H24N2O3. The Morgan fingerprint density at radius 1 is 1.08 bits per heavy atom. The summed E-state index contributed by atoms with van der Waals surface area (Å²) in [5.41, 5.74) is 3.71. The Hall–Kier alpha value is -2.95. The molecule has 3 aromatic rings. The highest BCUT2D eigenvalue weighted by Crippen LogP contribution is 2.26. The minimum absolute atomic E-state index is 0.0328. The number of aromatic nitrogens is 1. The number of methoxy groups -OCH3 is 1. The van der Waals surface area contributed by atoms with Crippen molar-refractivity contribution in [2.45, 2.75) is 13.3 Å². The van der Waals surface area contributed by atoms with Gasteiger partial charge in [-0.05, 0) is 37.1 Å². The van der Waals surface area contributed by atoms with Gasteiger partial charge in [-0.15, -0.1) is 0 Å². The summed E-state index contributed by atoms with van der Waals surface area (Å²) in [4.78, 5) is 12.1. The van der Waals surface area contributed by atoms with E-state index in [4.69, 9.17) is 9.47 Å². The number of carbonyl (C=O) groups is 1. The van der Waals surface area contributed by atoms with Gasteiger partial charge in [0, 0.05) is 30.2 Å². The molecule has 1 aromatic heterocycles. The van der Waals surface area contributed by atoms with E-state index in [0.29, 0.717) is 18.0 Å². The highest BCUT2D eigenvalue weighted by atomic mass is 16.5. The van der Waals surface area contributed by atoms with E-state index >= 15 is 0 Å². The first-order valence-corrected chi connectivity index (χ1v) is 8.67. The van der Waals surface area contributed by atoms with Crippen molar-refractivity contribution in [3.63, 3.8) is 0 Å². The van der Waals surface area contributed by atoms with Crippen LogP contribution in [0.15, 0.2) is 48.5 Å². The lowest BCUT2D eigenvalue weighted by atomic mass is 10.1. The van der Waals surface area contributed by atoms with Crippen molar-refractivity contribution in [1.29, 1.82) is 0 Å². The number of hydrogen-bond donors (Lipinski definition) is 1. The van der Waals surface area contributed by atoms with Crippen molar-refractivity contribution in [2.24, 2.45) is 7.05 Å².